The number of nitrogens with one attached hydrogen (secondary N) is 1. The van der Waals surface area contributed by atoms with Crippen molar-refractivity contribution in [1.29, 1.82) is 0 Å². The molecule has 1 amide bonds. The van der Waals surface area contributed by atoms with Gasteiger partial charge < -0.3 is 5.32 Å². The topological polar surface area (TPSA) is 46.2 Å². The molecule has 1 fully saturated rings. The fraction of sp³-hybridized carbons (Fsp3) is 0.778. The first-order valence-electron chi connectivity index (χ1n) is 4.39. The Kier molecular flexibility index (Phi) is 3.26. The molecule has 1 radical (unpaired) electrons. The molecule has 0 aliphatic heterocycles. The van der Waals surface area contributed by atoms with E-state index in [-0.39, 0.29) is 17.9 Å². The van der Waals surface area contributed by atoms with Gasteiger partial charge in [0.25, 0.3) is 0 Å². The smallest absolute Gasteiger partial charge is 0.217 e. The number of hydrogen-bond acceptors (Lipinski definition) is 2. The van der Waals surface area contributed by atoms with Gasteiger partial charge in [0.1, 0.15) is 0 Å². The molecule has 0 saturated heterocycles. The van der Waals surface area contributed by atoms with Gasteiger partial charge in [0, 0.05) is 18.9 Å². The van der Waals surface area contributed by atoms with E-state index in [1.807, 2.05) is 6.29 Å². The van der Waals surface area contributed by atoms with Crippen LogP contribution in [0.5, 0.6) is 0 Å². The molecule has 1 saturated carbocycles. The minimum Gasteiger partial charge on any atom is -0.353 e. The summed E-state index contributed by atoms with van der Waals surface area (Å²) in [6.07, 6.45) is 5.96. The van der Waals surface area contributed by atoms with E-state index in [0.717, 1.165) is 25.7 Å². The monoisotopic (exact) mass is 168 g/mol. The van der Waals surface area contributed by atoms with Crippen molar-refractivity contribution in [3.63, 3.8) is 0 Å². The summed E-state index contributed by atoms with van der Waals surface area (Å²) in [6, 6.07) is 0.0359. The fourth-order valence-corrected chi connectivity index (χ4v) is 1.71. The zero-order valence-electron chi connectivity index (χ0n) is 7.30. The lowest BCUT2D eigenvalue weighted by atomic mass is 9.85. The van der Waals surface area contributed by atoms with Crippen LogP contribution in [-0.4, -0.2) is 18.2 Å². The van der Waals surface area contributed by atoms with Crippen molar-refractivity contribution in [2.24, 2.45) is 5.92 Å². The van der Waals surface area contributed by atoms with Crippen LogP contribution < -0.4 is 5.32 Å². The summed E-state index contributed by atoms with van der Waals surface area (Å²) in [5.41, 5.74) is 0. The Morgan fingerprint density at radius 1 is 1.42 bits per heavy atom. The van der Waals surface area contributed by atoms with Crippen LogP contribution in [0.4, 0.5) is 0 Å². The molecule has 3 nitrogen and oxygen atoms in total. The van der Waals surface area contributed by atoms with E-state index < -0.39 is 0 Å². The zero-order chi connectivity index (χ0) is 8.97. The van der Waals surface area contributed by atoms with Gasteiger partial charge in [0.15, 0.2) is 0 Å². The lowest BCUT2D eigenvalue weighted by Crippen LogP contribution is -2.41. The fourth-order valence-electron chi connectivity index (χ4n) is 1.71. The zero-order valence-corrected chi connectivity index (χ0v) is 7.30. The third kappa shape index (κ3) is 2.32. The summed E-state index contributed by atoms with van der Waals surface area (Å²) >= 11 is 0. The SMILES string of the molecule is CC(=O)NC1CCCCC1[C]=O. The summed E-state index contributed by atoms with van der Waals surface area (Å²) in [5.74, 6) is -0.134. The number of amides is 1. The summed E-state index contributed by atoms with van der Waals surface area (Å²) in [7, 11) is 0. The van der Waals surface area contributed by atoms with Crippen LogP contribution in [0.3, 0.4) is 0 Å². The molecule has 0 heterocycles. The Labute approximate surface area is 72.5 Å². The average molecular weight is 168 g/mol. The second-order valence-corrected chi connectivity index (χ2v) is 3.32. The largest absolute Gasteiger partial charge is 0.353 e. The summed E-state index contributed by atoms with van der Waals surface area (Å²) in [5, 5.41) is 2.78. The first-order chi connectivity index (χ1) is 5.74. The molecule has 1 N–H and O–H groups in total. The maximum absolute atomic E-state index is 10.7. The first-order valence-corrected chi connectivity index (χ1v) is 4.39. The van der Waals surface area contributed by atoms with Crippen molar-refractivity contribution in [2.45, 2.75) is 38.6 Å². The van der Waals surface area contributed by atoms with Gasteiger partial charge in [-0.1, -0.05) is 12.8 Å². The van der Waals surface area contributed by atoms with E-state index in [9.17, 15) is 9.59 Å². The van der Waals surface area contributed by atoms with E-state index >= 15 is 0 Å². The molecule has 1 rings (SSSR count). The van der Waals surface area contributed by atoms with E-state index in [1.165, 1.54) is 6.92 Å². The minimum atomic E-state index is -0.0809. The van der Waals surface area contributed by atoms with Crippen LogP contribution >= 0.6 is 0 Å². The van der Waals surface area contributed by atoms with Crippen molar-refractivity contribution in [1.82, 2.24) is 5.32 Å². The van der Waals surface area contributed by atoms with Gasteiger partial charge >= 0.3 is 0 Å². The molecule has 12 heavy (non-hydrogen) atoms. The standard InChI is InChI=1S/C9H14NO2/c1-7(12)10-9-5-3-2-4-8(9)6-11/h8-9H,2-5H2,1H3,(H,10,12). The predicted octanol–water partition coefficient (Wildman–Crippen LogP) is 0.791. The third-order valence-electron chi connectivity index (χ3n) is 2.31. The molecular weight excluding hydrogens is 154 g/mol. The van der Waals surface area contributed by atoms with Crippen LogP contribution in [0.25, 0.3) is 0 Å². The number of rotatable bonds is 2. The Morgan fingerprint density at radius 2 is 2.08 bits per heavy atom. The first kappa shape index (κ1) is 9.23. The summed E-state index contributed by atoms with van der Waals surface area (Å²) in [6.45, 7) is 1.48. The lowest BCUT2D eigenvalue weighted by molar-refractivity contribution is -0.120. The Bertz CT molecular complexity index is 179. The summed E-state index contributed by atoms with van der Waals surface area (Å²) < 4.78 is 0. The van der Waals surface area contributed by atoms with Crippen LogP contribution in [0, 0.1) is 5.92 Å². The maximum Gasteiger partial charge on any atom is 0.217 e. The molecule has 0 aromatic heterocycles. The highest BCUT2D eigenvalue weighted by Crippen LogP contribution is 2.22. The van der Waals surface area contributed by atoms with E-state index in [0.29, 0.717) is 0 Å². The maximum atomic E-state index is 10.7. The predicted molar refractivity (Wildman–Crippen MR) is 45.3 cm³/mol. The van der Waals surface area contributed by atoms with Gasteiger partial charge in [-0.05, 0) is 12.8 Å². The van der Waals surface area contributed by atoms with Crippen molar-refractivity contribution in [3.8, 4) is 0 Å². The van der Waals surface area contributed by atoms with Gasteiger partial charge in [0.05, 0.1) is 0 Å². The highest BCUT2D eigenvalue weighted by Gasteiger charge is 2.25. The van der Waals surface area contributed by atoms with Crippen LogP contribution in [0.1, 0.15) is 32.6 Å². The van der Waals surface area contributed by atoms with Crippen LogP contribution in [-0.2, 0) is 9.59 Å². The normalized spacial score (nSPS) is 29.4. The van der Waals surface area contributed by atoms with E-state index in [2.05, 4.69) is 5.32 Å². The van der Waals surface area contributed by atoms with Crippen molar-refractivity contribution >= 4 is 12.2 Å². The molecule has 1 aliphatic rings. The van der Waals surface area contributed by atoms with Gasteiger partial charge in [-0.15, -0.1) is 0 Å². The average Bonchev–Trinajstić information content (AvgIpc) is 2.04. The van der Waals surface area contributed by atoms with Gasteiger partial charge in [0.2, 0.25) is 12.2 Å². The van der Waals surface area contributed by atoms with Gasteiger partial charge in [-0.25, -0.2) is 0 Å². The third-order valence-corrected chi connectivity index (χ3v) is 2.31. The van der Waals surface area contributed by atoms with E-state index in [1.54, 1.807) is 0 Å². The molecule has 3 heteroatoms. The quantitative estimate of drug-likeness (QED) is 0.662. The molecule has 0 aromatic rings. The Balaban J connectivity index is 2.46. The van der Waals surface area contributed by atoms with Crippen molar-refractivity contribution < 1.29 is 9.59 Å². The second-order valence-electron chi connectivity index (χ2n) is 3.32. The Hall–Kier alpha value is -0.860. The lowest BCUT2D eigenvalue weighted by Gasteiger charge is -2.27. The molecule has 0 bridgehead atoms. The van der Waals surface area contributed by atoms with E-state index in [4.69, 9.17) is 0 Å². The van der Waals surface area contributed by atoms with Crippen LogP contribution in [0.2, 0.25) is 0 Å². The molecule has 67 valence electrons. The molecular formula is C9H14NO2. The molecule has 0 spiro atoms. The molecule has 2 unspecified atom stereocenters. The minimum absolute atomic E-state index is 0.0359. The number of carbonyl (C=O) groups excluding carboxylic acids is 2. The second kappa shape index (κ2) is 4.24. The highest BCUT2D eigenvalue weighted by atomic mass is 16.1. The number of hydrogen-bond donors (Lipinski definition) is 1. The van der Waals surface area contributed by atoms with Gasteiger partial charge in [-0.2, -0.15) is 0 Å². The Morgan fingerprint density at radius 3 is 2.67 bits per heavy atom. The highest BCUT2D eigenvalue weighted by molar-refractivity contribution is 5.74. The molecule has 0 aromatic carbocycles. The molecule has 1 aliphatic carbocycles. The van der Waals surface area contributed by atoms with Crippen molar-refractivity contribution in [3.05, 3.63) is 0 Å². The summed E-state index contributed by atoms with van der Waals surface area (Å²) in [4.78, 5) is 21.2. The van der Waals surface area contributed by atoms with Gasteiger partial charge in [-0.3, -0.25) is 9.59 Å². The van der Waals surface area contributed by atoms with Crippen LogP contribution in [0.15, 0.2) is 0 Å². The van der Waals surface area contributed by atoms with Crippen molar-refractivity contribution in [2.75, 3.05) is 0 Å². The number of carbonyl (C=O) groups is 1. The molecule has 2 atom stereocenters.